The van der Waals surface area contributed by atoms with Gasteiger partial charge in [-0.25, -0.2) is 9.18 Å². The Labute approximate surface area is 86.8 Å². The number of hydrogen-bond donors (Lipinski definition) is 0. The van der Waals surface area contributed by atoms with Crippen LogP contribution in [-0.4, -0.2) is 19.7 Å². The highest BCUT2D eigenvalue weighted by Gasteiger charge is 2.17. The maximum Gasteiger partial charge on any atom is 0.344 e. The number of carbonyl (C=O) groups excluding carboxylic acids is 1. The number of rotatable bonds is 3. The molecule has 0 aliphatic carbocycles. The standard InChI is InChI=1S/C11H9FO3/c1-3-7-15-9-6-4-5-8(12)10(9)11(13)14-2/h1,4-6H,7H2,2H3. The Morgan fingerprint density at radius 1 is 1.60 bits per heavy atom. The van der Waals surface area contributed by atoms with E-state index in [0.717, 1.165) is 6.07 Å². The molecule has 0 bridgehead atoms. The molecule has 78 valence electrons. The number of benzene rings is 1. The van der Waals surface area contributed by atoms with Crippen LogP contribution in [0, 0.1) is 18.2 Å². The van der Waals surface area contributed by atoms with Gasteiger partial charge >= 0.3 is 5.97 Å². The molecule has 0 aliphatic heterocycles. The first-order chi connectivity index (χ1) is 7.20. The summed E-state index contributed by atoms with van der Waals surface area (Å²) in [5, 5.41) is 0. The first-order valence-electron chi connectivity index (χ1n) is 4.13. The van der Waals surface area contributed by atoms with Gasteiger partial charge in [-0.15, -0.1) is 6.42 Å². The molecule has 1 rings (SSSR count). The van der Waals surface area contributed by atoms with Crippen molar-refractivity contribution in [2.24, 2.45) is 0 Å². The Bertz CT molecular complexity index is 407. The third kappa shape index (κ3) is 2.47. The van der Waals surface area contributed by atoms with E-state index >= 15 is 0 Å². The molecule has 0 spiro atoms. The molecule has 0 saturated heterocycles. The molecule has 0 saturated carbocycles. The SMILES string of the molecule is C#CCOc1cccc(F)c1C(=O)OC. The average molecular weight is 208 g/mol. The van der Waals surface area contributed by atoms with Gasteiger partial charge in [0.15, 0.2) is 0 Å². The van der Waals surface area contributed by atoms with Crippen LogP contribution in [0.1, 0.15) is 10.4 Å². The third-order valence-electron chi connectivity index (χ3n) is 1.68. The lowest BCUT2D eigenvalue weighted by molar-refractivity contribution is 0.0591. The van der Waals surface area contributed by atoms with Gasteiger partial charge in [0, 0.05) is 0 Å². The zero-order chi connectivity index (χ0) is 11.3. The van der Waals surface area contributed by atoms with E-state index in [4.69, 9.17) is 11.2 Å². The van der Waals surface area contributed by atoms with E-state index in [0.29, 0.717) is 0 Å². The number of methoxy groups -OCH3 is 1. The molecule has 1 aromatic rings. The summed E-state index contributed by atoms with van der Waals surface area (Å²) in [5.41, 5.74) is -0.241. The van der Waals surface area contributed by atoms with Gasteiger partial charge in [0.1, 0.15) is 23.7 Å². The first-order valence-corrected chi connectivity index (χ1v) is 4.13. The Balaban J connectivity index is 3.09. The quantitative estimate of drug-likeness (QED) is 0.559. The maximum absolute atomic E-state index is 13.3. The molecular formula is C11H9FO3. The molecule has 0 N–H and O–H groups in total. The largest absolute Gasteiger partial charge is 0.480 e. The van der Waals surface area contributed by atoms with E-state index in [2.05, 4.69) is 10.7 Å². The molecule has 3 nitrogen and oxygen atoms in total. The van der Waals surface area contributed by atoms with Crippen LogP contribution in [0.5, 0.6) is 5.75 Å². The normalized spacial score (nSPS) is 9.13. The second-order valence-electron chi connectivity index (χ2n) is 2.60. The molecule has 0 aromatic heterocycles. The molecule has 0 atom stereocenters. The summed E-state index contributed by atoms with van der Waals surface area (Å²) in [7, 11) is 1.17. The predicted molar refractivity (Wildman–Crippen MR) is 52.1 cm³/mol. The first kappa shape index (κ1) is 11.1. The van der Waals surface area contributed by atoms with E-state index in [9.17, 15) is 9.18 Å². The van der Waals surface area contributed by atoms with E-state index in [-0.39, 0.29) is 17.9 Å². The molecule has 15 heavy (non-hydrogen) atoms. The summed E-state index contributed by atoms with van der Waals surface area (Å²) in [4.78, 5) is 11.2. The Morgan fingerprint density at radius 3 is 2.93 bits per heavy atom. The summed E-state index contributed by atoms with van der Waals surface area (Å²) < 4.78 is 22.7. The van der Waals surface area contributed by atoms with Crippen molar-refractivity contribution in [1.82, 2.24) is 0 Å². The van der Waals surface area contributed by atoms with Gasteiger partial charge in [-0.1, -0.05) is 12.0 Å². The fourth-order valence-corrected chi connectivity index (χ4v) is 1.04. The van der Waals surface area contributed by atoms with Gasteiger partial charge in [0.2, 0.25) is 0 Å². The summed E-state index contributed by atoms with van der Waals surface area (Å²) in [6, 6.07) is 4.02. The lowest BCUT2D eigenvalue weighted by Crippen LogP contribution is -2.08. The molecule has 0 amide bonds. The van der Waals surface area contributed by atoms with Crippen LogP contribution in [0.15, 0.2) is 18.2 Å². The van der Waals surface area contributed by atoms with Gasteiger partial charge in [-0.2, -0.15) is 0 Å². The zero-order valence-electron chi connectivity index (χ0n) is 8.12. The fraction of sp³-hybridized carbons (Fsp3) is 0.182. The topological polar surface area (TPSA) is 35.5 Å². The van der Waals surface area contributed by atoms with Gasteiger partial charge in [-0.05, 0) is 12.1 Å². The van der Waals surface area contributed by atoms with E-state index in [1.807, 2.05) is 0 Å². The van der Waals surface area contributed by atoms with Crippen molar-refractivity contribution in [3.05, 3.63) is 29.6 Å². The molecular weight excluding hydrogens is 199 g/mol. The summed E-state index contributed by atoms with van der Waals surface area (Å²) in [6.45, 7) is -0.0343. The van der Waals surface area contributed by atoms with Gasteiger partial charge in [0.05, 0.1) is 7.11 Å². The Morgan fingerprint density at radius 2 is 2.33 bits per heavy atom. The van der Waals surface area contributed by atoms with Crippen LogP contribution in [0.4, 0.5) is 4.39 Å². The average Bonchev–Trinajstić information content (AvgIpc) is 2.25. The van der Waals surface area contributed by atoms with Crippen molar-refractivity contribution in [3.8, 4) is 18.1 Å². The van der Waals surface area contributed by atoms with E-state index in [1.165, 1.54) is 19.2 Å². The predicted octanol–water partition coefficient (Wildman–Crippen LogP) is 1.62. The number of esters is 1. The molecule has 4 heteroatoms. The van der Waals surface area contributed by atoms with Gasteiger partial charge in [-0.3, -0.25) is 0 Å². The van der Waals surface area contributed by atoms with Crippen molar-refractivity contribution in [2.75, 3.05) is 13.7 Å². The number of hydrogen-bond acceptors (Lipinski definition) is 3. The molecule has 0 fully saturated rings. The van der Waals surface area contributed by atoms with Crippen molar-refractivity contribution < 1.29 is 18.7 Å². The minimum Gasteiger partial charge on any atom is -0.480 e. The summed E-state index contributed by atoms with van der Waals surface area (Å²) in [6.07, 6.45) is 4.99. The smallest absolute Gasteiger partial charge is 0.344 e. The molecule has 0 radical (unpaired) electrons. The molecule has 0 heterocycles. The third-order valence-corrected chi connectivity index (χ3v) is 1.68. The van der Waals surface area contributed by atoms with Crippen molar-refractivity contribution in [2.45, 2.75) is 0 Å². The lowest BCUT2D eigenvalue weighted by atomic mass is 10.2. The van der Waals surface area contributed by atoms with Crippen LogP contribution in [0.2, 0.25) is 0 Å². The second-order valence-corrected chi connectivity index (χ2v) is 2.60. The summed E-state index contributed by atoms with van der Waals surface area (Å²) in [5.74, 6) is 0.817. The van der Waals surface area contributed by atoms with Crippen LogP contribution < -0.4 is 4.74 Å². The van der Waals surface area contributed by atoms with Gasteiger partial charge < -0.3 is 9.47 Å². The highest BCUT2D eigenvalue weighted by molar-refractivity contribution is 5.92. The zero-order valence-corrected chi connectivity index (χ0v) is 8.12. The second kappa shape index (κ2) is 5.01. The van der Waals surface area contributed by atoms with Crippen LogP contribution in [-0.2, 0) is 4.74 Å². The fourth-order valence-electron chi connectivity index (χ4n) is 1.04. The maximum atomic E-state index is 13.3. The summed E-state index contributed by atoms with van der Waals surface area (Å²) >= 11 is 0. The number of ether oxygens (including phenoxy) is 2. The molecule has 0 aliphatic rings. The minimum atomic E-state index is -0.792. The van der Waals surface area contributed by atoms with Crippen molar-refractivity contribution in [1.29, 1.82) is 0 Å². The molecule has 0 unspecified atom stereocenters. The van der Waals surface area contributed by atoms with Gasteiger partial charge in [0.25, 0.3) is 0 Å². The van der Waals surface area contributed by atoms with Crippen LogP contribution in [0.3, 0.4) is 0 Å². The minimum absolute atomic E-state index is 0.0343. The molecule has 1 aromatic carbocycles. The van der Waals surface area contributed by atoms with Crippen LogP contribution >= 0.6 is 0 Å². The van der Waals surface area contributed by atoms with Crippen molar-refractivity contribution >= 4 is 5.97 Å². The van der Waals surface area contributed by atoms with E-state index in [1.54, 1.807) is 0 Å². The number of terminal acetylenes is 1. The Hall–Kier alpha value is -2.02. The number of halogens is 1. The highest BCUT2D eigenvalue weighted by Crippen LogP contribution is 2.22. The van der Waals surface area contributed by atoms with Crippen molar-refractivity contribution in [3.63, 3.8) is 0 Å². The van der Waals surface area contributed by atoms with Crippen LogP contribution in [0.25, 0.3) is 0 Å². The number of carbonyl (C=O) groups is 1. The highest BCUT2D eigenvalue weighted by atomic mass is 19.1. The lowest BCUT2D eigenvalue weighted by Gasteiger charge is -2.08. The monoisotopic (exact) mass is 208 g/mol. The Kier molecular flexibility index (Phi) is 3.69. The van der Waals surface area contributed by atoms with E-state index < -0.39 is 11.8 Å².